The second kappa shape index (κ2) is 8.81. The molecule has 8 nitrogen and oxygen atoms in total. The van der Waals surface area contributed by atoms with E-state index in [-0.39, 0.29) is 27.8 Å². The number of nitrogens with zero attached hydrogens (tertiary/aromatic N) is 2. The highest BCUT2D eigenvalue weighted by atomic mass is 19.4. The molecule has 4 rings (SSSR count). The van der Waals surface area contributed by atoms with Gasteiger partial charge in [-0.1, -0.05) is 13.8 Å². The minimum absolute atomic E-state index is 0.0130. The van der Waals surface area contributed by atoms with Gasteiger partial charge >= 0.3 is 6.18 Å². The summed E-state index contributed by atoms with van der Waals surface area (Å²) < 4.78 is 62.9. The lowest BCUT2D eigenvalue weighted by molar-refractivity contribution is -0.287. The second-order valence-electron chi connectivity index (χ2n) is 9.18. The van der Waals surface area contributed by atoms with Gasteiger partial charge < -0.3 is 29.1 Å². The normalized spacial score (nSPS) is 14.4. The number of aliphatic hydroxyl groups excluding tert-OH is 1. The van der Waals surface area contributed by atoms with Crippen molar-refractivity contribution in [2.75, 3.05) is 13.7 Å². The first-order chi connectivity index (χ1) is 16.9. The lowest BCUT2D eigenvalue weighted by Crippen LogP contribution is -2.49. The van der Waals surface area contributed by atoms with Crippen molar-refractivity contribution in [2.24, 2.45) is 5.41 Å². The summed E-state index contributed by atoms with van der Waals surface area (Å²) >= 11 is 0. The molecular weight excluding hydrogens is 479 g/mol. The van der Waals surface area contributed by atoms with E-state index in [1.54, 1.807) is 6.92 Å². The number of methoxy groups -OCH3 is 1. The van der Waals surface area contributed by atoms with Crippen LogP contribution < -0.4 is 4.74 Å². The van der Waals surface area contributed by atoms with Gasteiger partial charge in [0.25, 0.3) is 5.60 Å². The molecule has 0 saturated heterocycles. The number of fused-ring (bicyclic) bond motifs is 2. The number of aryl methyl sites for hydroxylation is 1. The molecule has 0 spiro atoms. The number of halogens is 3. The van der Waals surface area contributed by atoms with Crippen molar-refractivity contribution < 1.29 is 37.3 Å². The van der Waals surface area contributed by atoms with Crippen LogP contribution >= 0.6 is 0 Å². The van der Waals surface area contributed by atoms with E-state index in [0.29, 0.717) is 11.1 Å². The van der Waals surface area contributed by atoms with E-state index >= 15 is 13.2 Å². The maximum Gasteiger partial charge on any atom is 0.431 e. The van der Waals surface area contributed by atoms with Gasteiger partial charge in [0.05, 0.1) is 30.9 Å². The van der Waals surface area contributed by atoms with Crippen LogP contribution in [0.25, 0.3) is 22.0 Å². The third-order valence-corrected chi connectivity index (χ3v) is 6.15. The van der Waals surface area contributed by atoms with E-state index in [1.807, 2.05) is 6.07 Å². The van der Waals surface area contributed by atoms with E-state index in [1.165, 1.54) is 57.5 Å². The number of nitrogens with one attached hydrogen (secondary N) is 1. The standard InChI is InChI=1S/C25H24F3N3O5/c1-13-9-18(34-4)19(15-7-8-30-20(13)15)24(25(26,27)28,35-12-23(2,3)22(32)33)21-31-16-10-14(11-29)5-6-17(16)36-21/h5-10,22,30,32-33H,12H2,1-4H3. The molecule has 0 amide bonds. The first-order valence-corrected chi connectivity index (χ1v) is 10.9. The Kier molecular flexibility index (Phi) is 6.24. The number of aromatic nitrogens is 2. The molecule has 3 N–H and O–H groups in total. The molecule has 1 unspecified atom stereocenters. The van der Waals surface area contributed by atoms with Crippen molar-refractivity contribution in [3.05, 3.63) is 59.1 Å². The highest BCUT2D eigenvalue weighted by Crippen LogP contribution is 2.53. The van der Waals surface area contributed by atoms with Crippen LogP contribution in [0.5, 0.6) is 5.75 Å². The predicted octanol–water partition coefficient (Wildman–Crippen LogP) is 4.66. The van der Waals surface area contributed by atoms with E-state index in [0.717, 1.165) is 0 Å². The molecule has 0 aliphatic carbocycles. The number of hydrogen-bond acceptors (Lipinski definition) is 7. The Morgan fingerprint density at radius 3 is 2.53 bits per heavy atom. The van der Waals surface area contributed by atoms with Crippen LogP contribution in [0.4, 0.5) is 13.2 Å². The summed E-state index contributed by atoms with van der Waals surface area (Å²) in [5.74, 6) is -0.966. The van der Waals surface area contributed by atoms with E-state index in [4.69, 9.17) is 13.9 Å². The fourth-order valence-corrected chi connectivity index (χ4v) is 4.00. The molecule has 0 aliphatic rings. The largest absolute Gasteiger partial charge is 0.496 e. The first-order valence-electron chi connectivity index (χ1n) is 10.9. The summed E-state index contributed by atoms with van der Waals surface area (Å²) in [5.41, 5.74) is -3.93. The van der Waals surface area contributed by atoms with Crippen LogP contribution in [-0.4, -0.2) is 46.4 Å². The molecular formula is C25H24F3N3O5. The maximum absolute atomic E-state index is 15.4. The summed E-state index contributed by atoms with van der Waals surface area (Å²) in [6.45, 7) is 3.68. The van der Waals surface area contributed by atoms with Gasteiger partial charge in [-0.05, 0) is 42.8 Å². The van der Waals surface area contributed by atoms with Gasteiger partial charge in [0.2, 0.25) is 5.89 Å². The fourth-order valence-electron chi connectivity index (χ4n) is 4.00. The lowest BCUT2D eigenvalue weighted by Gasteiger charge is -2.38. The van der Waals surface area contributed by atoms with Crippen molar-refractivity contribution >= 4 is 22.0 Å². The van der Waals surface area contributed by atoms with Gasteiger partial charge in [0, 0.05) is 22.5 Å². The summed E-state index contributed by atoms with van der Waals surface area (Å²) in [6, 6.07) is 8.89. The number of hydrogen-bond donors (Lipinski definition) is 3. The Morgan fingerprint density at radius 2 is 1.92 bits per heavy atom. The molecule has 11 heteroatoms. The summed E-state index contributed by atoms with van der Waals surface area (Å²) in [7, 11) is 1.24. The molecule has 0 fully saturated rings. The molecule has 0 radical (unpaired) electrons. The zero-order valence-electron chi connectivity index (χ0n) is 19.9. The van der Waals surface area contributed by atoms with Crippen LogP contribution in [-0.2, 0) is 10.3 Å². The molecule has 190 valence electrons. The van der Waals surface area contributed by atoms with Crippen molar-refractivity contribution in [1.82, 2.24) is 9.97 Å². The van der Waals surface area contributed by atoms with Gasteiger partial charge in [-0.2, -0.15) is 18.4 Å². The van der Waals surface area contributed by atoms with Crippen LogP contribution in [0.15, 0.2) is 40.9 Å². The first kappa shape index (κ1) is 25.5. The molecule has 2 aromatic carbocycles. The highest BCUT2D eigenvalue weighted by Gasteiger charge is 2.65. The van der Waals surface area contributed by atoms with E-state index < -0.39 is 41.5 Å². The zero-order valence-corrected chi connectivity index (χ0v) is 19.9. The molecule has 4 aromatic rings. The summed E-state index contributed by atoms with van der Waals surface area (Å²) in [4.78, 5) is 7.06. The SMILES string of the molecule is COc1cc(C)c2[nH]ccc2c1C(OCC(C)(C)C(O)O)(c1nc2cc(C#N)ccc2o1)C(F)(F)F. The Balaban J connectivity index is 2.11. The lowest BCUT2D eigenvalue weighted by atomic mass is 9.86. The Labute approximate surface area is 203 Å². The third-order valence-electron chi connectivity index (χ3n) is 6.15. The van der Waals surface area contributed by atoms with Crippen LogP contribution in [0, 0.1) is 23.7 Å². The number of alkyl halides is 3. The van der Waals surface area contributed by atoms with Crippen molar-refractivity contribution in [3.8, 4) is 11.8 Å². The number of ether oxygens (including phenoxy) is 2. The van der Waals surface area contributed by atoms with Gasteiger partial charge in [-0.25, -0.2) is 4.98 Å². The quantitative estimate of drug-likeness (QED) is 0.313. The van der Waals surface area contributed by atoms with E-state index in [9.17, 15) is 15.5 Å². The number of oxazole rings is 1. The zero-order chi connectivity index (χ0) is 26.5. The summed E-state index contributed by atoms with van der Waals surface area (Å²) in [6.07, 6.45) is -5.64. The number of aliphatic hydroxyl groups is 2. The van der Waals surface area contributed by atoms with Gasteiger partial charge in [0.1, 0.15) is 11.3 Å². The number of nitriles is 1. The Bertz CT molecular complexity index is 1470. The number of H-pyrrole nitrogens is 1. The topological polar surface area (TPSA) is 125 Å². The van der Waals surface area contributed by atoms with E-state index in [2.05, 4.69) is 9.97 Å². The minimum Gasteiger partial charge on any atom is -0.496 e. The summed E-state index contributed by atoms with van der Waals surface area (Å²) in [5, 5.41) is 28.9. The van der Waals surface area contributed by atoms with Crippen molar-refractivity contribution in [2.45, 2.75) is 38.8 Å². The Hall–Kier alpha value is -3.59. The molecule has 2 heterocycles. The molecule has 0 bridgehead atoms. The molecule has 0 aliphatic heterocycles. The maximum atomic E-state index is 15.4. The van der Waals surface area contributed by atoms with Gasteiger partial charge in [0.15, 0.2) is 11.9 Å². The third kappa shape index (κ3) is 3.97. The van der Waals surface area contributed by atoms with Crippen LogP contribution in [0.1, 0.15) is 36.4 Å². The van der Waals surface area contributed by atoms with Crippen molar-refractivity contribution in [1.29, 1.82) is 5.26 Å². The monoisotopic (exact) mass is 503 g/mol. The smallest absolute Gasteiger partial charge is 0.431 e. The number of benzene rings is 2. The molecule has 36 heavy (non-hydrogen) atoms. The Morgan fingerprint density at radius 1 is 1.19 bits per heavy atom. The predicted molar refractivity (Wildman–Crippen MR) is 123 cm³/mol. The molecule has 2 aromatic heterocycles. The van der Waals surface area contributed by atoms with Crippen LogP contribution in [0.2, 0.25) is 0 Å². The number of rotatable bonds is 7. The van der Waals surface area contributed by atoms with Gasteiger partial charge in [-0.15, -0.1) is 0 Å². The fraction of sp³-hybridized carbons (Fsp3) is 0.360. The minimum atomic E-state index is -5.16. The number of aromatic amines is 1. The average Bonchev–Trinajstić information content (AvgIpc) is 3.46. The van der Waals surface area contributed by atoms with Crippen LogP contribution in [0.3, 0.4) is 0 Å². The second-order valence-corrected chi connectivity index (χ2v) is 9.18. The highest BCUT2D eigenvalue weighted by molar-refractivity contribution is 5.90. The molecule has 1 atom stereocenters. The average molecular weight is 503 g/mol. The van der Waals surface area contributed by atoms with Gasteiger partial charge in [-0.3, -0.25) is 0 Å². The van der Waals surface area contributed by atoms with Crippen molar-refractivity contribution in [3.63, 3.8) is 0 Å². The molecule has 0 saturated carbocycles.